The van der Waals surface area contributed by atoms with E-state index in [0.717, 1.165) is 11.5 Å². The van der Waals surface area contributed by atoms with Crippen LogP contribution in [0, 0.1) is 25.7 Å². The van der Waals surface area contributed by atoms with Crippen LogP contribution in [0.1, 0.15) is 45.0 Å². The Balaban J connectivity index is 2.53. The Morgan fingerprint density at radius 3 is 2.35 bits per heavy atom. The number of nitrogens with zero attached hydrogens (tertiary/aromatic N) is 3. The van der Waals surface area contributed by atoms with Gasteiger partial charge in [-0.05, 0) is 25.7 Å². The minimum Gasteiger partial charge on any atom is -0.444 e. The van der Waals surface area contributed by atoms with Gasteiger partial charge in [0.2, 0.25) is 5.89 Å². The molecule has 3 N–H and O–H groups in total. The first kappa shape index (κ1) is 19.8. The van der Waals surface area contributed by atoms with E-state index in [1.165, 1.54) is 4.57 Å². The molecular formula is C18H29N5O3. The maximum Gasteiger partial charge on any atom is 0.330 e. The molecule has 8 nitrogen and oxygen atoms in total. The predicted octanol–water partition coefficient (Wildman–Crippen LogP) is 2.04. The Bertz CT molecular complexity index is 856. The molecule has 0 aliphatic rings. The zero-order valence-electron chi connectivity index (χ0n) is 16.4. The lowest BCUT2D eigenvalue weighted by Gasteiger charge is -2.26. The van der Waals surface area contributed by atoms with Crippen LogP contribution < -0.4 is 21.9 Å². The van der Waals surface area contributed by atoms with Crippen LogP contribution >= 0.6 is 0 Å². The van der Waals surface area contributed by atoms with Crippen molar-refractivity contribution in [2.75, 3.05) is 17.2 Å². The predicted molar refractivity (Wildman–Crippen MR) is 102 cm³/mol. The molecule has 0 atom stereocenters. The van der Waals surface area contributed by atoms with Crippen LogP contribution in [0.25, 0.3) is 0 Å². The summed E-state index contributed by atoms with van der Waals surface area (Å²) in [4.78, 5) is 33.3. The quantitative estimate of drug-likeness (QED) is 0.779. The molecule has 0 amide bonds. The van der Waals surface area contributed by atoms with Gasteiger partial charge in [0.15, 0.2) is 0 Å². The van der Waals surface area contributed by atoms with E-state index in [1.807, 2.05) is 46.4 Å². The van der Waals surface area contributed by atoms with E-state index in [9.17, 15) is 9.59 Å². The molecule has 0 saturated carbocycles. The number of hydrogen-bond donors (Lipinski definition) is 2. The Morgan fingerprint density at radius 1 is 1.19 bits per heavy atom. The summed E-state index contributed by atoms with van der Waals surface area (Å²) < 4.78 is 7.09. The van der Waals surface area contributed by atoms with Gasteiger partial charge in [-0.1, -0.05) is 27.7 Å². The average Bonchev–Trinajstić information content (AvgIpc) is 2.80. The maximum absolute atomic E-state index is 12.5. The SMILES string of the molecule is Cc1nc(CN(CC(C)C)c2c(N)n(CC(C)C)c(=O)[nH]c2=O)oc1C. The van der Waals surface area contributed by atoms with E-state index < -0.39 is 11.2 Å². The normalized spacial score (nSPS) is 11.5. The summed E-state index contributed by atoms with van der Waals surface area (Å²) in [6, 6.07) is 0. The first-order valence-corrected chi connectivity index (χ1v) is 8.90. The van der Waals surface area contributed by atoms with Crippen LogP contribution in [0.3, 0.4) is 0 Å². The van der Waals surface area contributed by atoms with Gasteiger partial charge in [-0.2, -0.15) is 0 Å². The van der Waals surface area contributed by atoms with Crippen molar-refractivity contribution in [3.8, 4) is 0 Å². The average molecular weight is 363 g/mol. The number of oxazole rings is 1. The molecular weight excluding hydrogens is 334 g/mol. The standard InChI is InChI=1S/C18H29N5O3/c1-10(2)7-22(9-14-20-12(5)13(6)26-14)15-16(19)23(8-11(3)4)18(25)21-17(15)24/h10-11H,7-9,19H2,1-6H3,(H,21,24,25). The molecule has 0 aliphatic carbocycles. The number of rotatable bonds is 7. The third-order valence-corrected chi connectivity index (χ3v) is 4.06. The van der Waals surface area contributed by atoms with Gasteiger partial charge in [0.1, 0.15) is 17.3 Å². The molecule has 26 heavy (non-hydrogen) atoms. The largest absolute Gasteiger partial charge is 0.444 e. The van der Waals surface area contributed by atoms with E-state index >= 15 is 0 Å². The second-order valence-corrected chi connectivity index (χ2v) is 7.52. The zero-order valence-corrected chi connectivity index (χ0v) is 16.4. The molecule has 2 rings (SSSR count). The molecule has 0 bridgehead atoms. The summed E-state index contributed by atoms with van der Waals surface area (Å²) in [5.41, 5.74) is 6.37. The number of aryl methyl sites for hydroxylation is 2. The molecule has 0 aliphatic heterocycles. The molecule has 2 heterocycles. The third-order valence-electron chi connectivity index (χ3n) is 4.06. The number of nitrogens with two attached hydrogens (primary N) is 1. The van der Waals surface area contributed by atoms with Gasteiger partial charge in [-0.25, -0.2) is 9.78 Å². The second kappa shape index (κ2) is 7.80. The van der Waals surface area contributed by atoms with Gasteiger partial charge in [0.05, 0.1) is 12.2 Å². The molecule has 0 radical (unpaired) electrons. The minimum atomic E-state index is -0.492. The minimum absolute atomic E-state index is 0.174. The third kappa shape index (κ3) is 4.36. The van der Waals surface area contributed by atoms with Crippen molar-refractivity contribution in [2.24, 2.45) is 11.8 Å². The maximum atomic E-state index is 12.5. The van der Waals surface area contributed by atoms with Crippen LogP contribution in [0.5, 0.6) is 0 Å². The highest BCUT2D eigenvalue weighted by Gasteiger charge is 2.22. The first-order chi connectivity index (χ1) is 12.1. The van der Waals surface area contributed by atoms with Gasteiger partial charge >= 0.3 is 5.69 Å². The zero-order chi connectivity index (χ0) is 19.6. The van der Waals surface area contributed by atoms with Crippen molar-refractivity contribution < 1.29 is 4.42 Å². The van der Waals surface area contributed by atoms with Crippen molar-refractivity contribution in [1.82, 2.24) is 14.5 Å². The van der Waals surface area contributed by atoms with Gasteiger partial charge < -0.3 is 15.1 Å². The van der Waals surface area contributed by atoms with E-state index in [1.54, 1.807) is 0 Å². The van der Waals surface area contributed by atoms with Crippen LogP contribution in [0.4, 0.5) is 11.5 Å². The fraction of sp³-hybridized carbons (Fsp3) is 0.611. The number of nitrogens with one attached hydrogen (secondary N) is 1. The van der Waals surface area contributed by atoms with E-state index in [4.69, 9.17) is 10.2 Å². The molecule has 144 valence electrons. The lowest BCUT2D eigenvalue weighted by molar-refractivity contribution is 0.456. The van der Waals surface area contributed by atoms with Crippen molar-refractivity contribution >= 4 is 11.5 Å². The second-order valence-electron chi connectivity index (χ2n) is 7.52. The molecule has 2 aromatic heterocycles. The lowest BCUT2D eigenvalue weighted by Crippen LogP contribution is -2.40. The monoisotopic (exact) mass is 363 g/mol. The molecule has 0 fully saturated rings. The van der Waals surface area contributed by atoms with Crippen LogP contribution in [0.15, 0.2) is 14.0 Å². The topological polar surface area (TPSA) is 110 Å². The molecule has 0 spiro atoms. The fourth-order valence-corrected chi connectivity index (χ4v) is 2.88. The Labute approximate surface area is 153 Å². The fourth-order valence-electron chi connectivity index (χ4n) is 2.88. The lowest BCUT2D eigenvalue weighted by atomic mass is 10.2. The highest BCUT2D eigenvalue weighted by atomic mass is 16.4. The van der Waals surface area contributed by atoms with E-state index in [-0.39, 0.29) is 23.3 Å². The number of anilines is 2. The van der Waals surface area contributed by atoms with E-state index in [0.29, 0.717) is 25.5 Å². The summed E-state index contributed by atoms with van der Waals surface area (Å²) >= 11 is 0. The number of hydrogen-bond acceptors (Lipinski definition) is 6. The van der Waals surface area contributed by atoms with Crippen molar-refractivity contribution in [1.29, 1.82) is 0 Å². The molecule has 8 heteroatoms. The number of nitrogen functional groups attached to an aromatic ring is 1. The Hall–Kier alpha value is -2.51. The van der Waals surface area contributed by atoms with Gasteiger partial charge in [-0.15, -0.1) is 0 Å². The van der Waals surface area contributed by atoms with Crippen LogP contribution in [-0.2, 0) is 13.1 Å². The van der Waals surface area contributed by atoms with E-state index in [2.05, 4.69) is 9.97 Å². The van der Waals surface area contributed by atoms with Crippen molar-refractivity contribution in [3.63, 3.8) is 0 Å². The summed E-state index contributed by atoms with van der Waals surface area (Å²) in [6.07, 6.45) is 0. The molecule has 0 aromatic carbocycles. The summed E-state index contributed by atoms with van der Waals surface area (Å²) in [6.45, 7) is 13.1. The summed E-state index contributed by atoms with van der Waals surface area (Å²) in [5.74, 6) is 1.92. The molecule has 0 unspecified atom stereocenters. The van der Waals surface area contributed by atoms with Crippen molar-refractivity contribution in [3.05, 3.63) is 38.2 Å². The van der Waals surface area contributed by atoms with Gasteiger partial charge in [0.25, 0.3) is 5.56 Å². The van der Waals surface area contributed by atoms with Crippen LogP contribution in [0.2, 0.25) is 0 Å². The van der Waals surface area contributed by atoms with Gasteiger partial charge in [-0.3, -0.25) is 14.3 Å². The summed E-state index contributed by atoms with van der Waals surface area (Å²) in [5, 5.41) is 0. The highest BCUT2D eigenvalue weighted by molar-refractivity contribution is 5.62. The first-order valence-electron chi connectivity index (χ1n) is 8.90. The van der Waals surface area contributed by atoms with Crippen LogP contribution in [-0.4, -0.2) is 21.1 Å². The van der Waals surface area contributed by atoms with Gasteiger partial charge in [0, 0.05) is 13.1 Å². The summed E-state index contributed by atoms with van der Waals surface area (Å²) in [7, 11) is 0. The smallest absolute Gasteiger partial charge is 0.330 e. The highest BCUT2D eigenvalue weighted by Crippen LogP contribution is 2.22. The number of aromatic amines is 1. The Morgan fingerprint density at radius 2 is 1.85 bits per heavy atom. The molecule has 0 saturated heterocycles. The number of H-pyrrole nitrogens is 1. The Kier molecular flexibility index (Phi) is 5.94. The van der Waals surface area contributed by atoms with Crippen molar-refractivity contribution in [2.45, 2.75) is 54.6 Å². The number of aromatic nitrogens is 3. The molecule has 2 aromatic rings.